The van der Waals surface area contributed by atoms with Gasteiger partial charge in [0.15, 0.2) is 0 Å². The molecule has 0 unspecified atom stereocenters. The van der Waals surface area contributed by atoms with Gasteiger partial charge in [0, 0.05) is 17.2 Å². The van der Waals surface area contributed by atoms with Crippen molar-refractivity contribution in [2.45, 2.75) is 45.8 Å². The van der Waals surface area contributed by atoms with Crippen molar-refractivity contribution in [2.24, 2.45) is 0 Å². The van der Waals surface area contributed by atoms with Crippen molar-refractivity contribution in [3.8, 4) is 11.1 Å². The van der Waals surface area contributed by atoms with Crippen LogP contribution < -0.4 is 5.46 Å². The Kier molecular flexibility index (Phi) is 4.03. The van der Waals surface area contributed by atoms with E-state index in [-0.39, 0.29) is 11.2 Å². The highest BCUT2D eigenvalue weighted by Crippen LogP contribution is 2.37. The number of hydrogen-bond acceptors (Lipinski definition) is 3. The van der Waals surface area contributed by atoms with Gasteiger partial charge in [-0.1, -0.05) is 41.4 Å². The maximum Gasteiger partial charge on any atom is 0.496 e. The summed E-state index contributed by atoms with van der Waals surface area (Å²) in [6.07, 6.45) is 1.72. The molecule has 0 amide bonds. The standard InChI is InChI=1S/C18H21BClNO2/c1-12-6-8-13(9-7-12)15-10-14(11-21-16(15)20)19-22-17(2,3)18(4,5)23-19/h6-11H,1-5H3. The summed E-state index contributed by atoms with van der Waals surface area (Å²) in [6, 6.07) is 10.2. The Morgan fingerprint density at radius 2 is 1.57 bits per heavy atom. The lowest BCUT2D eigenvalue weighted by atomic mass is 9.79. The number of aryl methyl sites for hydroxylation is 1. The van der Waals surface area contributed by atoms with Crippen LogP contribution in [0, 0.1) is 6.92 Å². The fourth-order valence-electron chi connectivity index (χ4n) is 2.51. The molecule has 0 N–H and O–H groups in total. The number of nitrogens with zero attached hydrogens (tertiary/aromatic N) is 1. The molecule has 23 heavy (non-hydrogen) atoms. The maximum atomic E-state index is 6.30. The average molecular weight is 330 g/mol. The lowest BCUT2D eigenvalue weighted by molar-refractivity contribution is 0.00578. The molecule has 1 aliphatic heterocycles. The van der Waals surface area contributed by atoms with Crippen LogP contribution in [0.4, 0.5) is 0 Å². The number of hydrogen-bond donors (Lipinski definition) is 0. The van der Waals surface area contributed by atoms with E-state index in [0.29, 0.717) is 5.15 Å². The monoisotopic (exact) mass is 329 g/mol. The smallest absolute Gasteiger partial charge is 0.399 e. The van der Waals surface area contributed by atoms with E-state index in [9.17, 15) is 0 Å². The van der Waals surface area contributed by atoms with Gasteiger partial charge in [0.05, 0.1) is 11.2 Å². The van der Waals surface area contributed by atoms with Gasteiger partial charge in [-0.2, -0.15) is 0 Å². The largest absolute Gasteiger partial charge is 0.496 e. The second-order valence-corrected chi connectivity index (χ2v) is 7.42. The van der Waals surface area contributed by atoms with Gasteiger partial charge in [-0.3, -0.25) is 0 Å². The van der Waals surface area contributed by atoms with Gasteiger partial charge in [-0.05, 0) is 46.2 Å². The molecule has 2 aromatic rings. The van der Waals surface area contributed by atoms with Crippen LogP contribution in [0.2, 0.25) is 5.15 Å². The third kappa shape index (κ3) is 3.03. The molecule has 3 nitrogen and oxygen atoms in total. The average Bonchev–Trinajstić information content (AvgIpc) is 2.69. The van der Waals surface area contributed by atoms with Crippen LogP contribution in [0.5, 0.6) is 0 Å². The maximum absolute atomic E-state index is 6.30. The molecule has 0 atom stereocenters. The van der Waals surface area contributed by atoms with Crippen molar-refractivity contribution in [3.63, 3.8) is 0 Å². The molecule has 0 spiro atoms. The minimum absolute atomic E-state index is 0.374. The number of aromatic nitrogens is 1. The van der Waals surface area contributed by atoms with E-state index in [1.165, 1.54) is 5.56 Å². The van der Waals surface area contributed by atoms with Crippen molar-refractivity contribution in [1.29, 1.82) is 0 Å². The third-order valence-electron chi connectivity index (χ3n) is 4.75. The first-order chi connectivity index (χ1) is 10.7. The fourth-order valence-corrected chi connectivity index (χ4v) is 2.72. The normalized spacial score (nSPS) is 19.1. The van der Waals surface area contributed by atoms with Gasteiger partial charge in [0.2, 0.25) is 0 Å². The van der Waals surface area contributed by atoms with Crippen LogP contribution >= 0.6 is 11.6 Å². The third-order valence-corrected chi connectivity index (χ3v) is 5.05. The van der Waals surface area contributed by atoms with Gasteiger partial charge < -0.3 is 9.31 Å². The van der Waals surface area contributed by atoms with E-state index in [4.69, 9.17) is 20.9 Å². The summed E-state index contributed by atoms with van der Waals surface area (Å²) < 4.78 is 12.2. The molecule has 0 aliphatic carbocycles. The van der Waals surface area contributed by atoms with Crippen molar-refractivity contribution >= 4 is 24.2 Å². The number of halogens is 1. The van der Waals surface area contributed by atoms with Gasteiger partial charge in [0.1, 0.15) is 5.15 Å². The molecular weight excluding hydrogens is 308 g/mol. The van der Waals surface area contributed by atoms with Crippen LogP contribution in [-0.2, 0) is 9.31 Å². The Hall–Kier alpha value is -1.36. The molecule has 1 aromatic carbocycles. The van der Waals surface area contributed by atoms with E-state index >= 15 is 0 Å². The Balaban J connectivity index is 1.97. The molecule has 1 saturated heterocycles. The second-order valence-electron chi connectivity index (χ2n) is 7.06. The number of rotatable bonds is 2. The highest BCUT2D eigenvalue weighted by molar-refractivity contribution is 6.62. The quantitative estimate of drug-likeness (QED) is 0.616. The lowest BCUT2D eigenvalue weighted by Crippen LogP contribution is -2.41. The van der Waals surface area contributed by atoms with Gasteiger partial charge >= 0.3 is 7.12 Å². The zero-order valence-corrected chi connectivity index (χ0v) is 14.9. The Morgan fingerprint density at radius 3 is 2.13 bits per heavy atom. The van der Waals surface area contributed by atoms with Crippen LogP contribution in [0.1, 0.15) is 33.3 Å². The molecular formula is C18H21BClNO2. The molecule has 1 aliphatic rings. The second kappa shape index (κ2) is 5.62. The minimum Gasteiger partial charge on any atom is -0.399 e. The SMILES string of the molecule is Cc1ccc(-c2cc(B3OC(C)(C)C(C)(C)O3)cnc2Cl)cc1. The summed E-state index contributed by atoms with van der Waals surface area (Å²) >= 11 is 6.30. The van der Waals surface area contributed by atoms with Gasteiger partial charge in [0.25, 0.3) is 0 Å². The Morgan fingerprint density at radius 1 is 1.00 bits per heavy atom. The fraction of sp³-hybridized carbons (Fsp3) is 0.389. The molecule has 1 fully saturated rings. The van der Waals surface area contributed by atoms with Gasteiger partial charge in [-0.25, -0.2) is 4.98 Å². The summed E-state index contributed by atoms with van der Waals surface area (Å²) in [5.41, 5.74) is 3.26. The van der Waals surface area contributed by atoms with Crippen LogP contribution in [0.25, 0.3) is 11.1 Å². The van der Waals surface area contributed by atoms with Crippen LogP contribution in [-0.4, -0.2) is 23.3 Å². The summed E-state index contributed by atoms with van der Waals surface area (Å²) in [6.45, 7) is 10.2. The molecule has 120 valence electrons. The number of benzene rings is 1. The summed E-state index contributed by atoms with van der Waals surface area (Å²) in [4.78, 5) is 4.32. The van der Waals surface area contributed by atoms with Gasteiger partial charge in [-0.15, -0.1) is 0 Å². The van der Waals surface area contributed by atoms with E-state index in [0.717, 1.165) is 16.6 Å². The molecule has 3 rings (SSSR count). The summed E-state index contributed by atoms with van der Waals surface area (Å²) in [5.74, 6) is 0. The highest BCUT2D eigenvalue weighted by atomic mass is 35.5. The predicted molar refractivity (Wildman–Crippen MR) is 95.1 cm³/mol. The molecule has 1 aromatic heterocycles. The van der Waals surface area contributed by atoms with Crippen molar-refractivity contribution in [3.05, 3.63) is 47.2 Å². The zero-order chi connectivity index (χ0) is 16.8. The minimum atomic E-state index is -0.436. The van der Waals surface area contributed by atoms with Crippen LogP contribution in [0.15, 0.2) is 36.5 Å². The first-order valence-corrected chi connectivity index (χ1v) is 8.15. The van der Waals surface area contributed by atoms with E-state index in [1.54, 1.807) is 6.20 Å². The molecule has 2 heterocycles. The first-order valence-electron chi connectivity index (χ1n) is 7.78. The summed E-state index contributed by atoms with van der Waals surface area (Å²) in [5, 5.41) is 0.481. The van der Waals surface area contributed by atoms with E-state index in [1.807, 2.05) is 45.9 Å². The number of pyridine rings is 1. The van der Waals surface area contributed by atoms with Crippen molar-refractivity contribution in [2.75, 3.05) is 0 Å². The Bertz CT molecular complexity index is 712. The highest BCUT2D eigenvalue weighted by Gasteiger charge is 2.51. The van der Waals surface area contributed by atoms with E-state index < -0.39 is 7.12 Å². The van der Waals surface area contributed by atoms with Crippen LogP contribution in [0.3, 0.4) is 0 Å². The predicted octanol–water partition coefficient (Wildman–Crippen LogP) is 4.01. The van der Waals surface area contributed by atoms with Crippen molar-refractivity contribution in [1.82, 2.24) is 4.98 Å². The van der Waals surface area contributed by atoms with E-state index in [2.05, 4.69) is 24.0 Å². The topological polar surface area (TPSA) is 31.4 Å². The van der Waals surface area contributed by atoms with Crippen molar-refractivity contribution < 1.29 is 9.31 Å². The summed E-state index contributed by atoms with van der Waals surface area (Å²) in [7, 11) is -0.436. The first kappa shape index (κ1) is 16.5. The molecule has 0 bridgehead atoms. The zero-order valence-electron chi connectivity index (χ0n) is 14.2. The lowest BCUT2D eigenvalue weighted by Gasteiger charge is -2.32. The Labute approximate surface area is 143 Å². The molecule has 0 saturated carbocycles. The molecule has 0 radical (unpaired) electrons. The molecule has 5 heteroatoms.